The molecule has 0 N–H and O–H groups in total. The number of hydrogen-bond donors (Lipinski definition) is 0. The lowest BCUT2D eigenvalue weighted by Gasteiger charge is -2.27. The van der Waals surface area contributed by atoms with Crippen molar-refractivity contribution in [3.8, 4) is 0 Å². The molecule has 2 fully saturated rings. The van der Waals surface area contributed by atoms with Gasteiger partial charge in [0.25, 0.3) is 0 Å². The first-order chi connectivity index (χ1) is 16.1. The number of carbonyl (C=O) groups is 2. The molecule has 2 aliphatic heterocycles. The number of benzene rings is 1. The third-order valence-electron chi connectivity index (χ3n) is 7.14. The Kier molecular flexibility index (Phi) is 4.43. The van der Waals surface area contributed by atoms with Gasteiger partial charge in [0.1, 0.15) is 0 Å². The number of fused-ring (bicyclic) bond motifs is 2. The van der Waals surface area contributed by atoms with E-state index >= 15 is 0 Å². The molecule has 1 amide bonds. The molecular weight excluding hydrogens is 414 g/mol. The average molecular weight is 437 g/mol. The van der Waals surface area contributed by atoms with E-state index in [1.54, 1.807) is 24.8 Å². The van der Waals surface area contributed by atoms with Gasteiger partial charge < -0.3 is 9.64 Å². The lowest BCUT2D eigenvalue weighted by Crippen LogP contribution is -2.40. The number of ether oxygens (including phenoxy) is 1. The normalized spacial score (nSPS) is 22.5. The molecule has 3 aliphatic rings. The number of pyridine rings is 2. The maximum atomic E-state index is 13.6. The number of esters is 1. The Labute approximate surface area is 191 Å². The maximum Gasteiger partial charge on any atom is 0.341 e. The smallest absolute Gasteiger partial charge is 0.341 e. The average Bonchev–Trinajstić information content (AvgIpc) is 3.49. The fourth-order valence-electron chi connectivity index (χ4n) is 5.13. The third-order valence-corrected chi connectivity index (χ3v) is 7.14. The fraction of sp³-hybridized carbons (Fsp3) is 0.259. The van der Waals surface area contributed by atoms with Crippen molar-refractivity contribution in [1.29, 1.82) is 0 Å². The lowest BCUT2D eigenvalue weighted by molar-refractivity contribution is -0.134. The lowest BCUT2D eigenvalue weighted by atomic mass is 9.92. The number of amides is 1. The van der Waals surface area contributed by atoms with E-state index in [0.29, 0.717) is 25.1 Å². The highest BCUT2D eigenvalue weighted by Gasteiger charge is 2.57. The molecule has 2 aromatic heterocycles. The second kappa shape index (κ2) is 7.37. The summed E-state index contributed by atoms with van der Waals surface area (Å²) in [5.74, 6) is -0.207. The van der Waals surface area contributed by atoms with Crippen LogP contribution >= 0.6 is 0 Å². The molecule has 6 heteroatoms. The van der Waals surface area contributed by atoms with Gasteiger partial charge >= 0.3 is 5.97 Å². The first-order valence-corrected chi connectivity index (χ1v) is 11.3. The second-order valence-corrected chi connectivity index (χ2v) is 9.10. The van der Waals surface area contributed by atoms with Crippen LogP contribution in [0, 0.1) is 0 Å². The molecule has 4 heterocycles. The highest BCUT2D eigenvalue weighted by Crippen LogP contribution is 2.52. The summed E-state index contributed by atoms with van der Waals surface area (Å²) in [6.45, 7) is 0.992. The minimum absolute atomic E-state index is 0.137. The van der Waals surface area contributed by atoms with E-state index in [9.17, 15) is 9.59 Å². The summed E-state index contributed by atoms with van der Waals surface area (Å²) < 4.78 is 5.79. The van der Waals surface area contributed by atoms with Crippen LogP contribution in [0.4, 0.5) is 0 Å². The molecular formula is C27H23N3O3. The standard InChI is InChI=1S/C27H23N3O3/c31-24-22-17-29-15-9-23(22)27(33-24)12-16-30(18-27)25(32)26(10-11-26)21-5-3-19(4-6-21)1-2-20-7-13-28-14-8-20/h1-9,13-15,17H,10-12,16,18H2/b2-1+. The van der Waals surface area contributed by atoms with Crippen LogP contribution in [0.2, 0.25) is 0 Å². The topological polar surface area (TPSA) is 72.4 Å². The van der Waals surface area contributed by atoms with Gasteiger partial charge in [0, 0.05) is 43.3 Å². The highest BCUT2D eigenvalue weighted by atomic mass is 16.6. The molecule has 6 nitrogen and oxygen atoms in total. The molecule has 1 saturated carbocycles. The van der Waals surface area contributed by atoms with E-state index in [1.807, 2.05) is 23.1 Å². The van der Waals surface area contributed by atoms with Gasteiger partial charge in [0.2, 0.25) is 5.91 Å². The quantitative estimate of drug-likeness (QED) is 0.578. The summed E-state index contributed by atoms with van der Waals surface area (Å²) in [7, 11) is 0. The Bertz CT molecular complexity index is 1270. The van der Waals surface area contributed by atoms with Gasteiger partial charge in [-0.05, 0) is 47.7 Å². The van der Waals surface area contributed by atoms with Crippen LogP contribution in [0.25, 0.3) is 12.2 Å². The Morgan fingerprint density at radius 2 is 1.61 bits per heavy atom. The number of aromatic nitrogens is 2. The molecule has 1 aliphatic carbocycles. The van der Waals surface area contributed by atoms with Crippen molar-refractivity contribution in [2.24, 2.45) is 0 Å². The van der Waals surface area contributed by atoms with Crippen molar-refractivity contribution < 1.29 is 14.3 Å². The van der Waals surface area contributed by atoms with Crippen molar-refractivity contribution >= 4 is 24.0 Å². The van der Waals surface area contributed by atoms with E-state index in [1.165, 1.54) is 0 Å². The van der Waals surface area contributed by atoms with Crippen molar-refractivity contribution in [3.63, 3.8) is 0 Å². The van der Waals surface area contributed by atoms with Crippen LogP contribution in [-0.4, -0.2) is 39.8 Å². The maximum absolute atomic E-state index is 13.6. The molecule has 1 atom stereocenters. The SMILES string of the molecule is O=C1OC2(CCN(C(=O)C3(c4ccc(/C=C/c5ccncc5)cc4)CC3)C2)c2ccncc21. The van der Waals surface area contributed by atoms with Crippen molar-refractivity contribution in [3.05, 3.63) is 95.1 Å². The molecule has 1 aromatic carbocycles. The second-order valence-electron chi connectivity index (χ2n) is 9.10. The summed E-state index contributed by atoms with van der Waals surface area (Å²) in [4.78, 5) is 35.9. The minimum atomic E-state index is -0.733. The van der Waals surface area contributed by atoms with Gasteiger partial charge in [0.15, 0.2) is 5.60 Å². The van der Waals surface area contributed by atoms with Crippen LogP contribution < -0.4 is 0 Å². The highest BCUT2D eigenvalue weighted by molar-refractivity contribution is 5.95. The third kappa shape index (κ3) is 3.25. The Morgan fingerprint density at radius 3 is 2.33 bits per heavy atom. The van der Waals surface area contributed by atoms with E-state index in [-0.39, 0.29) is 11.9 Å². The minimum Gasteiger partial charge on any atom is -0.449 e. The van der Waals surface area contributed by atoms with Crippen LogP contribution in [0.15, 0.2) is 67.3 Å². The zero-order chi connectivity index (χ0) is 22.5. The molecule has 3 aromatic rings. The molecule has 1 spiro atoms. The zero-order valence-electron chi connectivity index (χ0n) is 18.1. The Hall–Kier alpha value is -3.80. The van der Waals surface area contributed by atoms with E-state index in [0.717, 1.165) is 35.1 Å². The Balaban J connectivity index is 1.19. The molecule has 6 rings (SSSR count). The number of rotatable bonds is 4. The van der Waals surface area contributed by atoms with Crippen LogP contribution in [0.5, 0.6) is 0 Å². The monoisotopic (exact) mass is 437 g/mol. The number of carbonyl (C=O) groups excluding carboxylic acids is 2. The number of nitrogens with zero attached hydrogens (tertiary/aromatic N) is 3. The molecule has 0 bridgehead atoms. The first kappa shape index (κ1) is 19.9. The molecule has 164 valence electrons. The number of hydrogen-bond acceptors (Lipinski definition) is 5. The summed E-state index contributed by atoms with van der Waals surface area (Å²) in [6, 6.07) is 14.0. The molecule has 33 heavy (non-hydrogen) atoms. The summed E-state index contributed by atoms with van der Waals surface area (Å²) in [6.07, 6.45) is 13.2. The molecule has 1 unspecified atom stereocenters. The van der Waals surface area contributed by atoms with E-state index in [2.05, 4.69) is 46.4 Å². The van der Waals surface area contributed by atoms with Crippen molar-refractivity contribution in [2.75, 3.05) is 13.1 Å². The Morgan fingerprint density at radius 1 is 0.909 bits per heavy atom. The van der Waals surface area contributed by atoms with Crippen molar-refractivity contribution in [1.82, 2.24) is 14.9 Å². The van der Waals surface area contributed by atoms with Gasteiger partial charge in [-0.2, -0.15) is 0 Å². The van der Waals surface area contributed by atoms with Gasteiger partial charge in [0.05, 0.1) is 17.5 Å². The van der Waals surface area contributed by atoms with Crippen LogP contribution in [0.1, 0.15) is 51.9 Å². The summed E-state index contributed by atoms with van der Waals surface area (Å²) in [5.41, 5.74) is 3.42. The van der Waals surface area contributed by atoms with Crippen LogP contribution in [0.3, 0.4) is 0 Å². The summed E-state index contributed by atoms with van der Waals surface area (Å²) >= 11 is 0. The number of likely N-dealkylation sites (tertiary alicyclic amines) is 1. The molecule has 0 radical (unpaired) electrons. The largest absolute Gasteiger partial charge is 0.449 e. The zero-order valence-corrected chi connectivity index (χ0v) is 18.1. The van der Waals surface area contributed by atoms with Gasteiger partial charge in [-0.3, -0.25) is 14.8 Å². The van der Waals surface area contributed by atoms with Crippen LogP contribution in [-0.2, 0) is 20.5 Å². The van der Waals surface area contributed by atoms with E-state index < -0.39 is 11.0 Å². The van der Waals surface area contributed by atoms with E-state index in [4.69, 9.17) is 4.74 Å². The van der Waals surface area contributed by atoms with Gasteiger partial charge in [-0.1, -0.05) is 36.4 Å². The fourth-order valence-corrected chi connectivity index (χ4v) is 5.13. The van der Waals surface area contributed by atoms with Crippen molar-refractivity contribution in [2.45, 2.75) is 30.3 Å². The molecule has 1 saturated heterocycles. The predicted molar refractivity (Wildman–Crippen MR) is 123 cm³/mol. The summed E-state index contributed by atoms with van der Waals surface area (Å²) in [5, 5.41) is 0. The van der Waals surface area contributed by atoms with Gasteiger partial charge in [-0.15, -0.1) is 0 Å². The predicted octanol–water partition coefficient (Wildman–Crippen LogP) is 3.98. The first-order valence-electron chi connectivity index (χ1n) is 11.3. The van der Waals surface area contributed by atoms with Gasteiger partial charge in [-0.25, -0.2) is 4.79 Å².